The van der Waals surface area contributed by atoms with Gasteiger partial charge in [-0.3, -0.25) is 4.79 Å². The molecule has 15 heavy (non-hydrogen) atoms. The third kappa shape index (κ3) is 2.44. The number of carbonyl (C=O) groups excluding carboxylic acids is 1. The van der Waals surface area contributed by atoms with Gasteiger partial charge >= 0.3 is 0 Å². The molecule has 2 aromatic carbocycles. The lowest BCUT2D eigenvalue weighted by atomic mass is 10.0. The van der Waals surface area contributed by atoms with Gasteiger partial charge in [0.2, 0.25) is 0 Å². The molecule has 0 aliphatic heterocycles. The van der Waals surface area contributed by atoms with Crippen LogP contribution in [0.2, 0.25) is 0 Å². The first kappa shape index (κ1) is 9.91. The van der Waals surface area contributed by atoms with Crippen molar-refractivity contribution in [1.82, 2.24) is 0 Å². The highest BCUT2D eigenvalue weighted by Gasteiger charge is 1.96. The standard InChI is InChI=1S/C14H13O/c15-10-4-3-5-12-8-9-13-6-1-2-7-14(13)11-12/h1-2,6-9,11H,3-5H2. The molecule has 0 aliphatic rings. The topological polar surface area (TPSA) is 17.1 Å². The van der Waals surface area contributed by atoms with Crippen LogP contribution < -0.4 is 0 Å². The van der Waals surface area contributed by atoms with Crippen LogP contribution in [-0.2, 0) is 11.2 Å². The van der Waals surface area contributed by atoms with Gasteiger partial charge in [0, 0.05) is 6.42 Å². The zero-order valence-corrected chi connectivity index (χ0v) is 8.57. The second-order valence-corrected chi connectivity index (χ2v) is 3.68. The summed E-state index contributed by atoms with van der Waals surface area (Å²) in [6.07, 6.45) is 4.31. The molecule has 1 heteroatoms. The highest BCUT2D eigenvalue weighted by molar-refractivity contribution is 5.82. The Labute approximate surface area is 89.7 Å². The maximum absolute atomic E-state index is 10.1. The molecule has 0 N–H and O–H groups in total. The van der Waals surface area contributed by atoms with Crippen molar-refractivity contribution in [3.8, 4) is 0 Å². The largest absolute Gasteiger partial charge is 0.291 e. The summed E-state index contributed by atoms with van der Waals surface area (Å²) in [5, 5.41) is 2.54. The van der Waals surface area contributed by atoms with Crippen LogP contribution in [0.25, 0.3) is 10.8 Å². The van der Waals surface area contributed by atoms with Crippen molar-refractivity contribution in [1.29, 1.82) is 0 Å². The van der Waals surface area contributed by atoms with Crippen LogP contribution >= 0.6 is 0 Å². The average Bonchev–Trinajstić information content (AvgIpc) is 2.29. The number of aryl methyl sites for hydroxylation is 1. The van der Waals surface area contributed by atoms with Crippen LogP contribution in [0.4, 0.5) is 0 Å². The van der Waals surface area contributed by atoms with Crippen molar-refractivity contribution in [3.05, 3.63) is 48.0 Å². The summed E-state index contributed by atoms with van der Waals surface area (Å²) in [5.41, 5.74) is 1.30. The SMILES string of the molecule is O=[C]CCCc1ccc2ccccc2c1. The van der Waals surface area contributed by atoms with E-state index in [0.717, 1.165) is 12.8 Å². The van der Waals surface area contributed by atoms with E-state index in [0.29, 0.717) is 6.42 Å². The molecule has 2 rings (SSSR count). The van der Waals surface area contributed by atoms with Crippen LogP contribution in [0.15, 0.2) is 42.5 Å². The minimum absolute atomic E-state index is 0.535. The van der Waals surface area contributed by atoms with E-state index in [1.165, 1.54) is 16.3 Å². The highest BCUT2D eigenvalue weighted by atomic mass is 16.1. The lowest BCUT2D eigenvalue weighted by Crippen LogP contribution is -1.86. The van der Waals surface area contributed by atoms with Gasteiger partial charge in [-0.1, -0.05) is 42.5 Å². The Hall–Kier alpha value is -1.63. The van der Waals surface area contributed by atoms with E-state index in [1.807, 2.05) is 18.4 Å². The van der Waals surface area contributed by atoms with Crippen molar-refractivity contribution >= 4 is 17.1 Å². The number of benzene rings is 2. The molecule has 2 aromatic rings. The minimum atomic E-state index is 0.535. The monoisotopic (exact) mass is 197 g/mol. The van der Waals surface area contributed by atoms with Gasteiger partial charge in [-0.05, 0) is 29.2 Å². The van der Waals surface area contributed by atoms with E-state index >= 15 is 0 Å². The van der Waals surface area contributed by atoms with Crippen molar-refractivity contribution in [2.45, 2.75) is 19.3 Å². The molecular weight excluding hydrogens is 184 g/mol. The molecule has 0 amide bonds. The first-order valence-electron chi connectivity index (χ1n) is 5.23. The number of hydrogen-bond donors (Lipinski definition) is 0. The van der Waals surface area contributed by atoms with Gasteiger partial charge in [0.1, 0.15) is 0 Å². The second kappa shape index (κ2) is 4.74. The summed E-state index contributed by atoms with van der Waals surface area (Å²) in [5.74, 6) is 0. The summed E-state index contributed by atoms with van der Waals surface area (Å²) in [4.78, 5) is 10.1. The van der Waals surface area contributed by atoms with Gasteiger partial charge in [0.05, 0.1) is 0 Å². The molecule has 0 saturated carbocycles. The van der Waals surface area contributed by atoms with Crippen molar-refractivity contribution in [2.24, 2.45) is 0 Å². The maximum Gasteiger partial charge on any atom is 0.198 e. The third-order valence-electron chi connectivity index (χ3n) is 2.56. The van der Waals surface area contributed by atoms with E-state index in [4.69, 9.17) is 0 Å². The Morgan fingerprint density at radius 3 is 2.60 bits per heavy atom. The molecular formula is C14H13O. The van der Waals surface area contributed by atoms with Crippen molar-refractivity contribution in [2.75, 3.05) is 0 Å². The summed E-state index contributed by atoms with van der Waals surface area (Å²) in [7, 11) is 0. The first-order valence-corrected chi connectivity index (χ1v) is 5.23. The fourth-order valence-corrected chi connectivity index (χ4v) is 1.76. The average molecular weight is 197 g/mol. The van der Waals surface area contributed by atoms with Crippen LogP contribution in [0.1, 0.15) is 18.4 Å². The molecule has 1 radical (unpaired) electrons. The van der Waals surface area contributed by atoms with E-state index in [2.05, 4.69) is 30.3 Å². The van der Waals surface area contributed by atoms with Crippen LogP contribution in [0, 0.1) is 0 Å². The minimum Gasteiger partial charge on any atom is -0.291 e. The summed E-state index contributed by atoms with van der Waals surface area (Å²) in [6, 6.07) is 14.8. The van der Waals surface area contributed by atoms with E-state index < -0.39 is 0 Å². The molecule has 0 saturated heterocycles. The maximum atomic E-state index is 10.1. The molecule has 0 fully saturated rings. The van der Waals surface area contributed by atoms with Crippen LogP contribution in [0.5, 0.6) is 0 Å². The summed E-state index contributed by atoms with van der Waals surface area (Å²) in [6.45, 7) is 0. The number of unbranched alkanes of at least 4 members (excludes halogenated alkanes) is 1. The Kier molecular flexibility index (Phi) is 3.13. The smallest absolute Gasteiger partial charge is 0.198 e. The number of hydrogen-bond acceptors (Lipinski definition) is 1. The lowest BCUT2D eigenvalue weighted by molar-refractivity contribution is 0.548. The normalized spacial score (nSPS) is 10.4. The fourth-order valence-electron chi connectivity index (χ4n) is 1.76. The molecule has 0 bridgehead atoms. The van der Waals surface area contributed by atoms with Gasteiger partial charge in [-0.15, -0.1) is 0 Å². The second-order valence-electron chi connectivity index (χ2n) is 3.68. The molecule has 0 aliphatic carbocycles. The van der Waals surface area contributed by atoms with Gasteiger partial charge < -0.3 is 0 Å². The molecule has 0 heterocycles. The van der Waals surface area contributed by atoms with Gasteiger partial charge in [-0.2, -0.15) is 0 Å². The van der Waals surface area contributed by atoms with Crippen LogP contribution in [-0.4, -0.2) is 6.29 Å². The van der Waals surface area contributed by atoms with Gasteiger partial charge in [-0.25, -0.2) is 0 Å². The first-order chi connectivity index (χ1) is 7.40. The highest BCUT2D eigenvalue weighted by Crippen LogP contribution is 2.16. The third-order valence-corrected chi connectivity index (χ3v) is 2.56. The van der Waals surface area contributed by atoms with Crippen molar-refractivity contribution in [3.63, 3.8) is 0 Å². The predicted octanol–water partition coefficient (Wildman–Crippen LogP) is 3.27. The predicted molar refractivity (Wildman–Crippen MR) is 62.6 cm³/mol. The molecule has 0 unspecified atom stereocenters. The summed E-state index contributed by atoms with van der Waals surface area (Å²) < 4.78 is 0. The Morgan fingerprint density at radius 2 is 1.80 bits per heavy atom. The number of fused-ring (bicyclic) bond motifs is 1. The number of rotatable bonds is 4. The Morgan fingerprint density at radius 1 is 1.00 bits per heavy atom. The van der Waals surface area contributed by atoms with Crippen LogP contribution in [0.3, 0.4) is 0 Å². The molecule has 0 atom stereocenters. The zero-order valence-electron chi connectivity index (χ0n) is 8.57. The molecule has 0 aromatic heterocycles. The summed E-state index contributed by atoms with van der Waals surface area (Å²) >= 11 is 0. The van der Waals surface area contributed by atoms with E-state index in [1.54, 1.807) is 0 Å². The zero-order chi connectivity index (χ0) is 10.5. The lowest BCUT2D eigenvalue weighted by Gasteiger charge is -2.02. The fraction of sp³-hybridized carbons (Fsp3) is 0.214. The van der Waals surface area contributed by atoms with E-state index in [9.17, 15) is 4.79 Å². The molecule has 0 spiro atoms. The molecule has 1 nitrogen and oxygen atoms in total. The Bertz CT molecular complexity index is 460. The van der Waals surface area contributed by atoms with Gasteiger partial charge in [0.15, 0.2) is 6.29 Å². The Balaban J connectivity index is 2.19. The van der Waals surface area contributed by atoms with Gasteiger partial charge in [0.25, 0.3) is 0 Å². The molecule has 75 valence electrons. The van der Waals surface area contributed by atoms with Crippen molar-refractivity contribution < 1.29 is 4.79 Å². The quantitative estimate of drug-likeness (QED) is 0.687. The van der Waals surface area contributed by atoms with E-state index in [-0.39, 0.29) is 0 Å².